The molecule has 0 saturated carbocycles. The van der Waals surface area contributed by atoms with Gasteiger partial charge in [0.25, 0.3) is 0 Å². The molecule has 238 valence electrons. The van der Waals surface area contributed by atoms with Crippen LogP contribution < -0.4 is 16.4 Å². The van der Waals surface area contributed by atoms with Crippen LogP contribution in [0.15, 0.2) is 174 Å². The molecule has 3 aliphatic rings. The summed E-state index contributed by atoms with van der Waals surface area (Å²) in [6.45, 7) is 0.139. The molecular formula is C49H28BNO. The Morgan fingerprint density at radius 2 is 1.10 bits per heavy atom. The smallest absolute Gasteiger partial charge is 0.243 e. The van der Waals surface area contributed by atoms with Crippen molar-refractivity contribution in [3.8, 4) is 27.9 Å². The van der Waals surface area contributed by atoms with E-state index in [0.29, 0.717) is 0 Å². The normalized spacial score (nSPS) is 14.3. The monoisotopic (exact) mass is 657 g/mol. The molecular weight excluding hydrogens is 629 g/mol. The molecule has 0 saturated heterocycles. The largest absolute Gasteiger partial charge is 0.456 e. The standard InChI is InChI=1S/C49H28BNO/c1-5-17-36-30(12-1)31-13-2-6-18-37(31)49(36)38-19-7-8-21-40(38)50-41-28-29(24-25-32(41)33-16-11-20-39(49)48(33)50)51-42-22-9-3-14-34(42)46-43(51)26-27-45-47(46)35-15-4-10-23-44(35)52-45/h1-28H. The second-order valence-corrected chi connectivity index (χ2v) is 14.7. The zero-order valence-electron chi connectivity index (χ0n) is 28.1. The highest BCUT2D eigenvalue weighted by Crippen LogP contribution is 2.57. The molecule has 2 nitrogen and oxygen atoms in total. The summed E-state index contributed by atoms with van der Waals surface area (Å²) < 4.78 is 8.84. The van der Waals surface area contributed by atoms with Gasteiger partial charge in [0.1, 0.15) is 11.2 Å². The van der Waals surface area contributed by atoms with E-state index in [4.69, 9.17) is 4.42 Å². The third-order valence-corrected chi connectivity index (χ3v) is 12.5. The maximum atomic E-state index is 6.37. The molecule has 0 bridgehead atoms. The van der Waals surface area contributed by atoms with Gasteiger partial charge in [0.15, 0.2) is 0 Å². The van der Waals surface area contributed by atoms with Crippen LogP contribution in [-0.2, 0) is 5.41 Å². The molecule has 8 aromatic carbocycles. The number of rotatable bonds is 1. The van der Waals surface area contributed by atoms with Crippen molar-refractivity contribution in [2.75, 3.05) is 0 Å². The molecule has 10 aromatic rings. The summed E-state index contributed by atoms with van der Waals surface area (Å²) in [5.41, 5.74) is 20.2. The Labute approximate surface area is 300 Å². The van der Waals surface area contributed by atoms with Crippen molar-refractivity contribution >= 4 is 66.8 Å². The molecule has 4 heterocycles. The Morgan fingerprint density at radius 1 is 0.423 bits per heavy atom. The first-order chi connectivity index (χ1) is 25.8. The molecule has 0 amide bonds. The van der Waals surface area contributed by atoms with Crippen LogP contribution in [0.2, 0.25) is 0 Å². The van der Waals surface area contributed by atoms with E-state index in [0.717, 1.165) is 16.6 Å². The van der Waals surface area contributed by atoms with E-state index in [1.807, 2.05) is 0 Å². The van der Waals surface area contributed by atoms with Gasteiger partial charge in [0.2, 0.25) is 6.71 Å². The fourth-order valence-electron chi connectivity index (χ4n) is 10.7. The summed E-state index contributed by atoms with van der Waals surface area (Å²) in [7, 11) is 0. The van der Waals surface area contributed by atoms with Crippen LogP contribution in [0.25, 0.3) is 71.7 Å². The van der Waals surface area contributed by atoms with Gasteiger partial charge in [0, 0.05) is 27.2 Å². The molecule has 0 unspecified atom stereocenters. The van der Waals surface area contributed by atoms with Crippen molar-refractivity contribution in [3.05, 3.63) is 192 Å². The van der Waals surface area contributed by atoms with Crippen LogP contribution in [0.3, 0.4) is 0 Å². The molecule has 0 fully saturated rings. The van der Waals surface area contributed by atoms with Gasteiger partial charge in [-0.2, -0.15) is 0 Å². The van der Waals surface area contributed by atoms with Gasteiger partial charge < -0.3 is 8.98 Å². The van der Waals surface area contributed by atoms with Gasteiger partial charge in [-0.15, -0.1) is 0 Å². The third-order valence-electron chi connectivity index (χ3n) is 12.5. The van der Waals surface area contributed by atoms with E-state index in [2.05, 4.69) is 174 Å². The number of nitrogens with zero attached hydrogens (tertiary/aromatic N) is 1. The lowest BCUT2D eigenvalue weighted by Crippen LogP contribution is -2.59. The zero-order chi connectivity index (χ0) is 33.7. The summed E-state index contributed by atoms with van der Waals surface area (Å²) in [6, 6.07) is 63.4. The Balaban J connectivity index is 1.10. The molecule has 3 heteroatoms. The summed E-state index contributed by atoms with van der Waals surface area (Å²) >= 11 is 0. The number of fused-ring (bicyclic) bond motifs is 19. The number of benzene rings is 8. The van der Waals surface area contributed by atoms with Crippen LogP contribution in [0, 0.1) is 0 Å². The van der Waals surface area contributed by atoms with Crippen LogP contribution in [0.4, 0.5) is 0 Å². The van der Waals surface area contributed by atoms with Crippen molar-refractivity contribution in [1.29, 1.82) is 0 Å². The SMILES string of the molecule is c1ccc2c(c1)B1c3cc(-n4c5ccccc5c5c6c(ccc54)oc4ccccc46)ccc3-c3cccc(c31)C21c2ccccc2-c2ccccc21. The topological polar surface area (TPSA) is 18.1 Å². The summed E-state index contributed by atoms with van der Waals surface area (Å²) in [5.74, 6) is 0. The molecule has 2 aromatic heterocycles. The van der Waals surface area contributed by atoms with E-state index in [1.54, 1.807) is 0 Å². The molecule has 13 rings (SSSR count). The summed E-state index contributed by atoms with van der Waals surface area (Å²) in [5, 5.41) is 4.83. The van der Waals surface area contributed by atoms with Crippen LogP contribution in [-0.4, -0.2) is 11.3 Å². The van der Waals surface area contributed by atoms with Crippen LogP contribution in [0.1, 0.15) is 22.3 Å². The minimum Gasteiger partial charge on any atom is -0.456 e. The van der Waals surface area contributed by atoms with Gasteiger partial charge in [-0.25, -0.2) is 0 Å². The first kappa shape index (κ1) is 27.2. The lowest BCUT2D eigenvalue weighted by molar-refractivity contribution is 0.669. The molecule has 0 N–H and O–H groups in total. The Bertz CT molecular complexity index is 3170. The van der Waals surface area contributed by atoms with E-state index in [-0.39, 0.29) is 12.1 Å². The highest BCUT2D eigenvalue weighted by Gasteiger charge is 2.54. The Kier molecular flexibility index (Phi) is 4.91. The number of para-hydroxylation sites is 2. The second-order valence-electron chi connectivity index (χ2n) is 14.7. The lowest BCUT2D eigenvalue weighted by Gasteiger charge is -2.42. The van der Waals surface area contributed by atoms with Crippen molar-refractivity contribution in [2.24, 2.45) is 0 Å². The maximum Gasteiger partial charge on any atom is 0.243 e. The number of hydrogen-bond donors (Lipinski definition) is 0. The Morgan fingerprint density at radius 3 is 1.94 bits per heavy atom. The van der Waals surface area contributed by atoms with Crippen molar-refractivity contribution in [2.45, 2.75) is 5.41 Å². The van der Waals surface area contributed by atoms with Crippen molar-refractivity contribution in [1.82, 2.24) is 4.57 Å². The Hall–Kier alpha value is -6.58. The number of aromatic nitrogens is 1. The summed E-state index contributed by atoms with van der Waals surface area (Å²) in [4.78, 5) is 0. The first-order valence-corrected chi connectivity index (χ1v) is 18.2. The first-order valence-electron chi connectivity index (χ1n) is 18.2. The van der Waals surface area contributed by atoms with E-state index in [9.17, 15) is 0 Å². The molecule has 2 aliphatic heterocycles. The summed E-state index contributed by atoms with van der Waals surface area (Å²) in [6.07, 6.45) is 0. The number of hydrogen-bond acceptors (Lipinski definition) is 1. The van der Waals surface area contributed by atoms with Crippen molar-refractivity contribution < 1.29 is 4.42 Å². The average Bonchev–Trinajstić information content (AvgIpc) is 3.93. The predicted molar refractivity (Wildman–Crippen MR) is 215 cm³/mol. The fraction of sp³-hybridized carbons (Fsp3) is 0.0204. The quantitative estimate of drug-likeness (QED) is 0.161. The highest BCUT2D eigenvalue weighted by atomic mass is 16.3. The minimum absolute atomic E-state index is 0.139. The van der Waals surface area contributed by atoms with E-state index < -0.39 is 0 Å². The third kappa shape index (κ3) is 3.04. The molecule has 1 spiro atoms. The van der Waals surface area contributed by atoms with Crippen LogP contribution >= 0.6 is 0 Å². The van der Waals surface area contributed by atoms with Gasteiger partial charge in [0.05, 0.1) is 16.4 Å². The molecule has 0 radical (unpaired) electrons. The number of furan rings is 1. The maximum absolute atomic E-state index is 6.37. The van der Waals surface area contributed by atoms with Crippen molar-refractivity contribution in [3.63, 3.8) is 0 Å². The fourth-order valence-corrected chi connectivity index (χ4v) is 10.7. The zero-order valence-corrected chi connectivity index (χ0v) is 28.1. The van der Waals surface area contributed by atoms with Gasteiger partial charge in [-0.1, -0.05) is 150 Å². The van der Waals surface area contributed by atoms with Gasteiger partial charge in [-0.05, 0) is 80.9 Å². The average molecular weight is 658 g/mol. The lowest BCUT2D eigenvalue weighted by atomic mass is 9.32. The van der Waals surface area contributed by atoms with E-state index >= 15 is 0 Å². The van der Waals surface area contributed by atoms with Crippen LogP contribution in [0.5, 0.6) is 0 Å². The highest BCUT2D eigenvalue weighted by molar-refractivity contribution is 7.00. The molecule has 1 aliphatic carbocycles. The van der Waals surface area contributed by atoms with Gasteiger partial charge >= 0.3 is 0 Å². The molecule has 0 atom stereocenters. The minimum atomic E-state index is -0.373. The molecule has 52 heavy (non-hydrogen) atoms. The van der Waals surface area contributed by atoms with Gasteiger partial charge in [-0.3, -0.25) is 0 Å². The second kappa shape index (κ2) is 9.40. The predicted octanol–water partition coefficient (Wildman–Crippen LogP) is 9.86. The van der Waals surface area contributed by atoms with E-state index in [1.165, 1.54) is 93.8 Å².